The maximum absolute atomic E-state index is 13.5. The fourth-order valence-corrected chi connectivity index (χ4v) is 2.03. The minimum Gasteiger partial charge on any atom is -0.508 e. The van der Waals surface area contributed by atoms with E-state index in [1.807, 2.05) is 32.0 Å². The molecule has 1 unspecified atom stereocenters. The first-order valence-electron chi connectivity index (χ1n) is 6.34. The standard InChI is InChI=1S/C16H18FNO/c1-11-7-8-14(16(19)9-11)12(2)18-10-13-5-3-4-6-15(13)17/h3-9,12,18-19H,10H2,1-2H3. The number of phenols is 1. The number of hydrogen-bond donors (Lipinski definition) is 2. The summed E-state index contributed by atoms with van der Waals surface area (Å²) in [6, 6.07) is 12.2. The molecule has 0 saturated heterocycles. The zero-order valence-electron chi connectivity index (χ0n) is 11.2. The van der Waals surface area contributed by atoms with Gasteiger partial charge < -0.3 is 10.4 Å². The Balaban J connectivity index is 2.05. The third kappa shape index (κ3) is 3.32. The van der Waals surface area contributed by atoms with Gasteiger partial charge in [0.25, 0.3) is 0 Å². The van der Waals surface area contributed by atoms with Crippen LogP contribution >= 0.6 is 0 Å². The molecule has 100 valence electrons. The average Bonchev–Trinajstić information content (AvgIpc) is 2.37. The molecule has 19 heavy (non-hydrogen) atoms. The molecule has 1 atom stereocenters. The molecule has 0 amide bonds. The van der Waals surface area contributed by atoms with Crippen molar-refractivity contribution in [3.63, 3.8) is 0 Å². The van der Waals surface area contributed by atoms with Crippen LogP contribution in [0.3, 0.4) is 0 Å². The van der Waals surface area contributed by atoms with E-state index in [0.717, 1.165) is 11.1 Å². The highest BCUT2D eigenvalue weighted by Gasteiger charge is 2.10. The van der Waals surface area contributed by atoms with Crippen LogP contribution in [-0.2, 0) is 6.54 Å². The van der Waals surface area contributed by atoms with Crippen LogP contribution in [0.2, 0.25) is 0 Å². The Morgan fingerprint density at radius 1 is 1.21 bits per heavy atom. The van der Waals surface area contributed by atoms with Crippen molar-refractivity contribution in [1.82, 2.24) is 5.32 Å². The summed E-state index contributed by atoms with van der Waals surface area (Å²) < 4.78 is 13.5. The zero-order chi connectivity index (χ0) is 13.8. The minimum atomic E-state index is -0.213. The molecule has 0 aliphatic rings. The molecule has 2 rings (SSSR count). The van der Waals surface area contributed by atoms with Crippen molar-refractivity contribution in [2.75, 3.05) is 0 Å². The maximum atomic E-state index is 13.5. The van der Waals surface area contributed by atoms with E-state index in [1.165, 1.54) is 6.07 Å². The summed E-state index contributed by atoms with van der Waals surface area (Å²) in [6.07, 6.45) is 0. The van der Waals surface area contributed by atoms with E-state index < -0.39 is 0 Å². The number of hydrogen-bond acceptors (Lipinski definition) is 2. The van der Waals surface area contributed by atoms with Gasteiger partial charge in [0.05, 0.1) is 0 Å². The second-order valence-corrected chi connectivity index (χ2v) is 4.76. The van der Waals surface area contributed by atoms with E-state index in [9.17, 15) is 9.50 Å². The summed E-state index contributed by atoms with van der Waals surface area (Å²) in [6.45, 7) is 4.31. The van der Waals surface area contributed by atoms with E-state index in [2.05, 4.69) is 5.32 Å². The number of aromatic hydroxyl groups is 1. The molecular weight excluding hydrogens is 241 g/mol. The Morgan fingerprint density at radius 3 is 2.63 bits per heavy atom. The lowest BCUT2D eigenvalue weighted by Crippen LogP contribution is -2.18. The van der Waals surface area contributed by atoms with Gasteiger partial charge in [0.1, 0.15) is 11.6 Å². The van der Waals surface area contributed by atoms with Gasteiger partial charge in [-0.3, -0.25) is 0 Å². The van der Waals surface area contributed by atoms with Crippen molar-refractivity contribution in [2.24, 2.45) is 0 Å². The van der Waals surface area contributed by atoms with E-state index in [1.54, 1.807) is 18.2 Å². The molecule has 0 fully saturated rings. The van der Waals surface area contributed by atoms with Crippen LogP contribution in [0.25, 0.3) is 0 Å². The smallest absolute Gasteiger partial charge is 0.127 e. The maximum Gasteiger partial charge on any atom is 0.127 e. The normalized spacial score (nSPS) is 12.4. The lowest BCUT2D eigenvalue weighted by molar-refractivity contribution is 0.450. The monoisotopic (exact) mass is 259 g/mol. The van der Waals surface area contributed by atoms with Crippen LogP contribution < -0.4 is 5.32 Å². The van der Waals surface area contributed by atoms with Gasteiger partial charge >= 0.3 is 0 Å². The molecule has 0 saturated carbocycles. The Hall–Kier alpha value is -1.87. The van der Waals surface area contributed by atoms with E-state index in [4.69, 9.17) is 0 Å². The van der Waals surface area contributed by atoms with Crippen molar-refractivity contribution < 1.29 is 9.50 Å². The molecule has 0 spiro atoms. The van der Waals surface area contributed by atoms with Crippen LogP contribution in [0.15, 0.2) is 42.5 Å². The van der Waals surface area contributed by atoms with Crippen molar-refractivity contribution in [3.05, 3.63) is 65.0 Å². The number of rotatable bonds is 4. The second-order valence-electron chi connectivity index (χ2n) is 4.76. The van der Waals surface area contributed by atoms with Crippen LogP contribution in [0.5, 0.6) is 5.75 Å². The van der Waals surface area contributed by atoms with Crippen molar-refractivity contribution in [1.29, 1.82) is 0 Å². The van der Waals surface area contributed by atoms with Crippen LogP contribution in [-0.4, -0.2) is 5.11 Å². The van der Waals surface area contributed by atoms with E-state index in [-0.39, 0.29) is 17.6 Å². The first kappa shape index (κ1) is 13.6. The number of phenolic OH excluding ortho intramolecular Hbond substituents is 1. The van der Waals surface area contributed by atoms with Gasteiger partial charge in [-0.2, -0.15) is 0 Å². The van der Waals surface area contributed by atoms with Crippen LogP contribution in [0.4, 0.5) is 4.39 Å². The quantitative estimate of drug-likeness (QED) is 0.877. The third-order valence-electron chi connectivity index (χ3n) is 3.21. The molecule has 0 bridgehead atoms. The highest BCUT2D eigenvalue weighted by molar-refractivity contribution is 5.37. The SMILES string of the molecule is Cc1ccc(C(C)NCc2ccccc2F)c(O)c1. The minimum absolute atomic E-state index is 0.0415. The first-order valence-corrected chi connectivity index (χ1v) is 6.34. The molecule has 0 radical (unpaired) electrons. The number of halogens is 1. The summed E-state index contributed by atoms with van der Waals surface area (Å²) in [7, 11) is 0. The molecule has 2 N–H and O–H groups in total. The molecule has 0 aliphatic heterocycles. The Kier molecular flexibility index (Phi) is 4.17. The lowest BCUT2D eigenvalue weighted by atomic mass is 10.0. The fraction of sp³-hybridized carbons (Fsp3) is 0.250. The molecule has 2 nitrogen and oxygen atoms in total. The second kappa shape index (κ2) is 5.85. The van der Waals surface area contributed by atoms with Gasteiger partial charge in [0, 0.05) is 23.7 Å². The molecule has 0 aliphatic carbocycles. The predicted molar refractivity (Wildman–Crippen MR) is 74.5 cm³/mol. The Labute approximate surface area is 112 Å². The van der Waals surface area contributed by atoms with Crippen molar-refractivity contribution in [3.8, 4) is 5.75 Å². The van der Waals surface area contributed by atoms with Gasteiger partial charge in [-0.05, 0) is 31.5 Å². The number of aryl methyl sites for hydroxylation is 1. The van der Waals surface area contributed by atoms with Crippen molar-refractivity contribution in [2.45, 2.75) is 26.4 Å². The summed E-state index contributed by atoms with van der Waals surface area (Å²) >= 11 is 0. The summed E-state index contributed by atoms with van der Waals surface area (Å²) in [4.78, 5) is 0. The lowest BCUT2D eigenvalue weighted by Gasteiger charge is -2.16. The number of benzene rings is 2. The Morgan fingerprint density at radius 2 is 1.95 bits per heavy atom. The van der Waals surface area contributed by atoms with Crippen LogP contribution in [0.1, 0.15) is 29.7 Å². The van der Waals surface area contributed by atoms with Crippen molar-refractivity contribution >= 4 is 0 Å². The molecule has 2 aromatic carbocycles. The zero-order valence-corrected chi connectivity index (χ0v) is 11.2. The molecule has 0 aromatic heterocycles. The first-order chi connectivity index (χ1) is 9.08. The number of nitrogens with one attached hydrogen (secondary N) is 1. The fourth-order valence-electron chi connectivity index (χ4n) is 2.03. The molecule has 2 aromatic rings. The largest absolute Gasteiger partial charge is 0.508 e. The highest BCUT2D eigenvalue weighted by Crippen LogP contribution is 2.25. The average molecular weight is 259 g/mol. The van der Waals surface area contributed by atoms with Gasteiger partial charge in [-0.1, -0.05) is 30.3 Å². The van der Waals surface area contributed by atoms with E-state index in [0.29, 0.717) is 12.1 Å². The van der Waals surface area contributed by atoms with Gasteiger partial charge in [-0.15, -0.1) is 0 Å². The Bertz CT molecular complexity index is 568. The van der Waals surface area contributed by atoms with Gasteiger partial charge in [0.15, 0.2) is 0 Å². The molecule has 0 heterocycles. The van der Waals surface area contributed by atoms with Crippen LogP contribution in [0, 0.1) is 12.7 Å². The summed E-state index contributed by atoms with van der Waals surface area (Å²) in [5.41, 5.74) is 2.46. The topological polar surface area (TPSA) is 32.3 Å². The third-order valence-corrected chi connectivity index (χ3v) is 3.21. The molecular formula is C16H18FNO. The predicted octanol–water partition coefficient (Wildman–Crippen LogP) is 3.69. The van der Waals surface area contributed by atoms with Gasteiger partial charge in [-0.25, -0.2) is 4.39 Å². The highest BCUT2D eigenvalue weighted by atomic mass is 19.1. The van der Waals surface area contributed by atoms with E-state index >= 15 is 0 Å². The van der Waals surface area contributed by atoms with Gasteiger partial charge in [0.2, 0.25) is 0 Å². The summed E-state index contributed by atoms with van der Waals surface area (Å²) in [5.74, 6) is 0.0591. The molecule has 3 heteroatoms. The summed E-state index contributed by atoms with van der Waals surface area (Å²) in [5, 5.41) is 13.1.